The van der Waals surface area contributed by atoms with E-state index in [1.165, 1.54) is 38.3 Å². The number of cyclic esters (lactones) is 1. The van der Waals surface area contributed by atoms with Gasteiger partial charge in [0.05, 0.1) is 13.2 Å². The van der Waals surface area contributed by atoms with Crippen molar-refractivity contribution in [3.8, 4) is 5.75 Å². The monoisotopic (exact) mass is 480 g/mol. The Morgan fingerprint density at radius 1 is 1.12 bits per heavy atom. The average Bonchev–Trinajstić information content (AvgIpc) is 2.79. The number of halogens is 3. The van der Waals surface area contributed by atoms with Gasteiger partial charge in [-0.15, -0.1) is 0 Å². The van der Waals surface area contributed by atoms with E-state index >= 15 is 0 Å². The van der Waals surface area contributed by atoms with E-state index < -0.39 is 29.8 Å². The molecule has 0 fully saturated rings. The molecule has 1 heterocycles. The Labute approximate surface area is 196 Å². The van der Waals surface area contributed by atoms with Crippen molar-refractivity contribution in [2.75, 3.05) is 14.2 Å². The molecule has 0 bridgehead atoms. The third kappa shape index (κ3) is 5.04. The molecule has 0 spiro atoms. The quantitative estimate of drug-likeness (QED) is 0.472. The lowest BCUT2D eigenvalue weighted by molar-refractivity contribution is -0.278. The molecule has 0 aromatic heterocycles. The zero-order valence-corrected chi connectivity index (χ0v) is 19.2. The number of benzene rings is 2. The molecule has 0 N–H and O–H groups in total. The Morgan fingerprint density at radius 3 is 2.44 bits per heavy atom. The van der Waals surface area contributed by atoms with Crippen LogP contribution in [0.3, 0.4) is 0 Å². The zero-order chi connectivity index (χ0) is 24.9. The molecule has 0 radical (unpaired) electrons. The van der Waals surface area contributed by atoms with Gasteiger partial charge in [0, 0.05) is 19.1 Å². The van der Waals surface area contributed by atoms with Crippen LogP contribution >= 0.6 is 0 Å². The topological polar surface area (TPSA) is 71.1 Å². The standard InChI is InChI=1S/C25H27F3O6/c1-16(33-23(30)24(32-3,25(26,27)28)18-11-5-4-6-12-18)9-7-13-19-15-17-10-8-14-20(31-2)21(17)22(29)34-19/h4-6,8,10-12,14,16,19H,7,9,13,15H2,1-3H3/t16-,19+,24+/m0/s1. The summed E-state index contributed by atoms with van der Waals surface area (Å²) < 4.78 is 62.6. The molecule has 0 saturated heterocycles. The first-order valence-corrected chi connectivity index (χ1v) is 10.9. The number of carbonyl (C=O) groups is 2. The smallest absolute Gasteiger partial charge is 0.432 e. The van der Waals surface area contributed by atoms with Crippen molar-refractivity contribution >= 4 is 11.9 Å². The van der Waals surface area contributed by atoms with Gasteiger partial charge < -0.3 is 18.9 Å². The number of rotatable bonds is 9. The van der Waals surface area contributed by atoms with Crippen LogP contribution in [-0.4, -0.2) is 44.5 Å². The summed E-state index contributed by atoms with van der Waals surface area (Å²) in [5, 5.41) is 0. The fourth-order valence-corrected chi connectivity index (χ4v) is 4.15. The number of hydrogen-bond donors (Lipinski definition) is 0. The van der Waals surface area contributed by atoms with Crippen LogP contribution in [-0.2, 0) is 31.0 Å². The number of hydrogen-bond acceptors (Lipinski definition) is 6. The molecule has 184 valence electrons. The molecule has 3 atom stereocenters. The number of carbonyl (C=O) groups excluding carboxylic acids is 2. The van der Waals surface area contributed by atoms with E-state index in [9.17, 15) is 22.8 Å². The minimum atomic E-state index is -5.02. The minimum absolute atomic E-state index is 0.289. The van der Waals surface area contributed by atoms with Gasteiger partial charge in [0.1, 0.15) is 17.4 Å². The Bertz CT molecular complexity index is 1010. The van der Waals surface area contributed by atoms with Crippen molar-refractivity contribution in [1.29, 1.82) is 0 Å². The predicted octanol–water partition coefficient (Wildman–Crippen LogP) is 4.98. The summed E-state index contributed by atoms with van der Waals surface area (Å²) in [6.07, 6.45) is -4.48. The van der Waals surface area contributed by atoms with Crippen molar-refractivity contribution in [3.05, 3.63) is 65.2 Å². The Morgan fingerprint density at radius 2 is 1.82 bits per heavy atom. The second-order valence-corrected chi connectivity index (χ2v) is 8.12. The second kappa shape index (κ2) is 10.5. The van der Waals surface area contributed by atoms with Gasteiger partial charge in [0.15, 0.2) is 0 Å². The maximum atomic E-state index is 14.0. The van der Waals surface area contributed by atoms with Crippen LogP contribution in [0.15, 0.2) is 48.5 Å². The molecule has 0 unspecified atom stereocenters. The second-order valence-electron chi connectivity index (χ2n) is 8.12. The Hall–Kier alpha value is -3.07. The Balaban J connectivity index is 1.61. The molecule has 1 aliphatic heterocycles. The van der Waals surface area contributed by atoms with Crippen LogP contribution in [0.25, 0.3) is 0 Å². The molecule has 34 heavy (non-hydrogen) atoms. The fraction of sp³-hybridized carbons (Fsp3) is 0.440. The summed E-state index contributed by atoms with van der Waals surface area (Å²) >= 11 is 0. The Kier molecular flexibility index (Phi) is 7.86. The third-order valence-electron chi connectivity index (χ3n) is 5.88. The highest BCUT2D eigenvalue weighted by Gasteiger charge is 2.64. The SMILES string of the molecule is COc1cccc2c1C(=O)O[C@H](CCC[C@H](C)OC(=O)[C@](OC)(c1ccccc1)C(F)(F)F)C2. The maximum absolute atomic E-state index is 14.0. The minimum Gasteiger partial charge on any atom is -0.496 e. The van der Waals surface area contributed by atoms with Gasteiger partial charge in [0.2, 0.25) is 0 Å². The highest BCUT2D eigenvalue weighted by atomic mass is 19.4. The summed E-state index contributed by atoms with van der Waals surface area (Å²) in [7, 11) is 2.31. The van der Waals surface area contributed by atoms with Crippen molar-refractivity contribution in [3.63, 3.8) is 0 Å². The molecule has 0 amide bonds. The molecule has 1 aliphatic rings. The lowest BCUT2D eigenvalue weighted by Crippen LogP contribution is -2.52. The number of fused-ring (bicyclic) bond motifs is 1. The van der Waals surface area contributed by atoms with E-state index in [-0.39, 0.29) is 18.1 Å². The van der Waals surface area contributed by atoms with Gasteiger partial charge in [0.25, 0.3) is 5.60 Å². The van der Waals surface area contributed by atoms with Crippen LogP contribution in [0.5, 0.6) is 5.75 Å². The summed E-state index contributed by atoms with van der Waals surface area (Å²) in [6, 6.07) is 12.0. The summed E-state index contributed by atoms with van der Waals surface area (Å²) in [5.41, 5.74) is -2.35. The first-order chi connectivity index (χ1) is 16.1. The van der Waals surface area contributed by atoms with Gasteiger partial charge in [-0.3, -0.25) is 0 Å². The van der Waals surface area contributed by atoms with Gasteiger partial charge in [-0.25, -0.2) is 9.59 Å². The van der Waals surface area contributed by atoms with E-state index in [1.54, 1.807) is 18.2 Å². The van der Waals surface area contributed by atoms with Crippen molar-refractivity contribution < 1.29 is 41.7 Å². The van der Waals surface area contributed by atoms with E-state index in [0.29, 0.717) is 30.6 Å². The van der Waals surface area contributed by atoms with Gasteiger partial charge in [-0.2, -0.15) is 13.2 Å². The molecule has 3 rings (SSSR count). The molecule has 0 aliphatic carbocycles. The molecule has 6 nitrogen and oxygen atoms in total. The first-order valence-electron chi connectivity index (χ1n) is 10.9. The summed E-state index contributed by atoms with van der Waals surface area (Å²) in [6.45, 7) is 1.52. The van der Waals surface area contributed by atoms with E-state index in [2.05, 4.69) is 0 Å². The van der Waals surface area contributed by atoms with Gasteiger partial charge >= 0.3 is 18.1 Å². The molecule has 2 aromatic carbocycles. The molecular formula is C25H27F3O6. The molecular weight excluding hydrogens is 453 g/mol. The largest absolute Gasteiger partial charge is 0.496 e. The highest BCUT2D eigenvalue weighted by Crippen LogP contribution is 2.43. The van der Waals surface area contributed by atoms with Crippen molar-refractivity contribution in [2.45, 2.75) is 56.6 Å². The lowest BCUT2D eigenvalue weighted by Gasteiger charge is -2.33. The average molecular weight is 480 g/mol. The van der Waals surface area contributed by atoms with Crippen LogP contribution in [0.1, 0.15) is 47.7 Å². The number of ether oxygens (including phenoxy) is 4. The summed E-state index contributed by atoms with van der Waals surface area (Å²) in [4.78, 5) is 25.1. The van der Waals surface area contributed by atoms with Gasteiger partial charge in [-0.05, 0) is 37.8 Å². The van der Waals surface area contributed by atoms with Crippen LogP contribution in [0, 0.1) is 0 Å². The van der Waals surface area contributed by atoms with Crippen LogP contribution < -0.4 is 4.74 Å². The third-order valence-corrected chi connectivity index (χ3v) is 5.88. The van der Waals surface area contributed by atoms with E-state index in [4.69, 9.17) is 18.9 Å². The maximum Gasteiger partial charge on any atom is 0.432 e. The number of alkyl halides is 3. The van der Waals surface area contributed by atoms with Crippen LogP contribution in [0.2, 0.25) is 0 Å². The molecule has 9 heteroatoms. The van der Waals surface area contributed by atoms with E-state index in [1.807, 2.05) is 6.07 Å². The fourth-order valence-electron chi connectivity index (χ4n) is 4.15. The molecule has 0 saturated carbocycles. The predicted molar refractivity (Wildman–Crippen MR) is 116 cm³/mol. The lowest BCUT2D eigenvalue weighted by atomic mass is 9.92. The van der Waals surface area contributed by atoms with E-state index in [0.717, 1.165) is 12.7 Å². The van der Waals surface area contributed by atoms with Gasteiger partial charge in [-0.1, -0.05) is 42.5 Å². The zero-order valence-electron chi connectivity index (χ0n) is 19.2. The van der Waals surface area contributed by atoms with Crippen molar-refractivity contribution in [1.82, 2.24) is 0 Å². The van der Waals surface area contributed by atoms with Crippen molar-refractivity contribution in [2.24, 2.45) is 0 Å². The first kappa shape index (κ1) is 25.6. The number of esters is 2. The normalized spacial score (nSPS) is 18.3. The number of methoxy groups -OCH3 is 2. The van der Waals surface area contributed by atoms with Crippen LogP contribution in [0.4, 0.5) is 13.2 Å². The highest BCUT2D eigenvalue weighted by molar-refractivity contribution is 5.95. The molecule has 2 aromatic rings. The summed E-state index contributed by atoms with van der Waals surface area (Å²) in [5.74, 6) is -1.54.